The molecule has 0 atom stereocenters. The van der Waals surface area contributed by atoms with Crippen molar-refractivity contribution in [2.45, 2.75) is 38.8 Å². The largest absolute Gasteiger partial charge is 0.352 e. The molecule has 108 valence electrons. The number of fused-ring (bicyclic) bond motifs is 1. The molecular weight excluding hydrogens is 260 g/mol. The van der Waals surface area contributed by atoms with Crippen LogP contribution in [-0.2, 0) is 13.0 Å². The number of hydrogen-bond donors (Lipinski definition) is 1. The Morgan fingerprint density at radius 2 is 1.95 bits per heavy atom. The van der Waals surface area contributed by atoms with Gasteiger partial charge in [-0.05, 0) is 37.3 Å². The molecule has 1 fully saturated rings. The maximum absolute atomic E-state index is 4.71. The standard InChI is InChI=1S/C17H20N4/c1-12-10-16(20-17(18-12)19-15-6-7-15)21-9-8-13-4-2-3-5-14(13)11-21/h2-5,10,15H,6-9,11H2,1H3,(H,18,19,20). The molecule has 0 radical (unpaired) electrons. The Hall–Kier alpha value is -2.10. The third kappa shape index (κ3) is 2.71. The van der Waals surface area contributed by atoms with E-state index in [0.29, 0.717) is 6.04 Å². The van der Waals surface area contributed by atoms with E-state index < -0.39 is 0 Å². The van der Waals surface area contributed by atoms with Crippen LogP contribution in [0, 0.1) is 6.92 Å². The van der Waals surface area contributed by atoms with Crippen LogP contribution in [0.2, 0.25) is 0 Å². The van der Waals surface area contributed by atoms with Crippen LogP contribution in [0.4, 0.5) is 11.8 Å². The first kappa shape index (κ1) is 12.6. The molecule has 4 nitrogen and oxygen atoms in total. The molecule has 1 aliphatic carbocycles. The van der Waals surface area contributed by atoms with Crippen molar-refractivity contribution in [3.63, 3.8) is 0 Å². The molecule has 1 aliphatic heterocycles. The third-order valence-corrected chi connectivity index (χ3v) is 4.21. The highest BCUT2D eigenvalue weighted by molar-refractivity contribution is 5.48. The van der Waals surface area contributed by atoms with Gasteiger partial charge in [0, 0.05) is 30.9 Å². The molecule has 1 saturated carbocycles. The van der Waals surface area contributed by atoms with Gasteiger partial charge in [-0.2, -0.15) is 4.98 Å². The lowest BCUT2D eigenvalue weighted by atomic mass is 10.00. The second-order valence-corrected chi connectivity index (χ2v) is 6.05. The first-order valence-electron chi connectivity index (χ1n) is 7.72. The molecule has 21 heavy (non-hydrogen) atoms. The molecule has 0 bridgehead atoms. The fourth-order valence-electron chi connectivity index (χ4n) is 2.88. The summed E-state index contributed by atoms with van der Waals surface area (Å²) in [6.45, 7) is 4.01. The summed E-state index contributed by atoms with van der Waals surface area (Å²) in [5.41, 5.74) is 3.91. The summed E-state index contributed by atoms with van der Waals surface area (Å²) in [7, 11) is 0. The molecule has 1 N–H and O–H groups in total. The molecule has 1 aromatic carbocycles. The third-order valence-electron chi connectivity index (χ3n) is 4.21. The van der Waals surface area contributed by atoms with Crippen LogP contribution in [0.3, 0.4) is 0 Å². The molecule has 0 amide bonds. The van der Waals surface area contributed by atoms with Gasteiger partial charge >= 0.3 is 0 Å². The Labute approximate surface area is 125 Å². The Bertz CT molecular complexity index is 664. The molecule has 0 saturated heterocycles. The number of rotatable bonds is 3. The lowest BCUT2D eigenvalue weighted by Crippen LogP contribution is -2.31. The predicted molar refractivity (Wildman–Crippen MR) is 84.6 cm³/mol. The van der Waals surface area contributed by atoms with Crippen molar-refractivity contribution < 1.29 is 0 Å². The molecule has 4 heteroatoms. The number of nitrogens with zero attached hydrogens (tertiary/aromatic N) is 3. The van der Waals surface area contributed by atoms with Crippen LogP contribution in [0.1, 0.15) is 29.7 Å². The lowest BCUT2D eigenvalue weighted by molar-refractivity contribution is 0.718. The van der Waals surface area contributed by atoms with Gasteiger partial charge in [0.2, 0.25) is 5.95 Å². The van der Waals surface area contributed by atoms with Gasteiger partial charge < -0.3 is 10.2 Å². The Kier molecular flexibility index (Phi) is 3.02. The normalized spacial score (nSPS) is 17.5. The SMILES string of the molecule is Cc1cc(N2CCc3ccccc3C2)nc(NC2CC2)n1. The van der Waals surface area contributed by atoms with Crippen molar-refractivity contribution in [2.24, 2.45) is 0 Å². The first-order valence-corrected chi connectivity index (χ1v) is 7.72. The Balaban J connectivity index is 1.60. The van der Waals surface area contributed by atoms with E-state index in [0.717, 1.165) is 37.0 Å². The van der Waals surface area contributed by atoms with Crippen LogP contribution in [0.5, 0.6) is 0 Å². The second-order valence-electron chi connectivity index (χ2n) is 6.05. The van der Waals surface area contributed by atoms with Gasteiger partial charge in [-0.1, -0.05) is 24.3 Å². The molecule has 2 heterocycles. The zero-order chi connectivity index (χ0) is 14.2. The predicted octanol–water partition coefficient (Wildman–Crippen LogP) is 2.92. The van der Waals surface area contributed by atoms with Gasteiger partial charge in [-0.25, -0.2) is 4.98 Å². The number of aryl methyl sites for hydroxylation is 1. The van der Waals surface area contributed by atoms with Crippen molar-refractivity contribution in [1.29, 1.82) is 0 Å². The molecular formula is C17H20N4. The molecule has 1 aromatic heterocycles. The summed E-state index contributed by atoms with van der Waals surface area (Å²) in [5.74, 6) is 1.83. The summed E-state index contributed by atoms with van der Waals surface area (Å²) in [4.78, 5) is 11.6. The molecule has 0 spiro atoms. The second kappa shape index (κ2) is 5.02. The average molecular weight is 280 g/mol. The quantitative estimate of drug-likeness (QED) is 0.938. The number of benzene rings is 1. The summed E-state index contributed by atoms with van der Waals surface area (Å²) in [6, 6.07) is 11.4. The average Bonchev–Trinajstić information content (AvgIpc) is 3.30. The van der Waals surface area contributed by atoms with Gasteiger partial charge in [0.1, 0.15) is 5.82 Å². The number of anilines is 2. The van der Waals surface area contributed by atoms with E-state index in [4.69, 9.17) is 4.98 Å². The van der Waals surface area contributed by atoms with Gasteiger partial charge in [0.05, 0.1) is 0 Å². The first-order chi connectivity index (χ1) is 10.3. The highest BCUT2D eigenvalue weighted by Crippen LogP contribution is 2.26. The Morgan fingerprint density at radius 3 is 2.76 bits per heavy atom. The topological polar surface area (TPSA) is 41.1 Å². The van der Waals surface area contributed by atoms with Gasteiger partial charge in [0.15, 0.2) is 0 Å². The van der Waals surface area contributed by atoms with Crippen LogP contribution in [-0.4, -0.2) is 22.6 Å². The molecule has 2 aliphatic rings. The highest BCUT2D eigenvalue weighted by Gasteiger charge is 2.23. The van der Waals surface area contributed by atoms with E-state index in [2.05, 4.69) is 45.5 Å². The van der Waals surface area contributed by atoms with Crippen LogP contribution >= 0.6 is 0 Å². The highest BCUT2D eigenvalue weighted by atomic mass is 15.2. The zero-order valence-corrected chi connectivity index (χ0v) is 12.3. The monoisotopic (exact) mass is 280 g/mol. The minimum atomic E-state index is 0.585. The van der Waals surface area contributed by atoms with Gasteiger partial charge in [-0.15, -0.1) is 0 Å². The molecule has 2 aromatic rings. The van der Waals surface area contributed by atoms with Crippen LogP contribution < -0.4 is 10.2 Å². The van der Waals surface area contributed by atoms with Crippen LogP contribution in [0.15, 0.2) is 30.3 Å². The summed E-state index contributed by atoms with van der Waals surface area (Å²) in [5, 5.41) is 3.41. The maximum Gasteiger partial charge on any atom is 0.225 e. The maximum atomic E-state index is 4.71. The smallest absolute Gasteiger partial charge is 0.225 e. The summed E-state index contributed by atoms with van der Waals surface area (Å²) < 4.78 is 0. The van der Waals surface area contributed by atoms with Crippen molar-refractivity contribution >= 4 is 11.8 Å². The number of aromatic nitrogens is 2. The van der Waals surface area contributed by atoms with Crippen molar-refractivity contribution in [1.82, 2.24) is 9.97 Å². The van der Waals surface area contributed by atoms with E-state index in [-0.39, 0.29) is 0 Å². The Morgan fingerprint density at radius 1 is 1.14 bits per heavy atom. The molecule has 4 rings (SSSR count). The van der Waals surface area contributed by atoms with E-state index >= 15 is 0 Å². The van der Waals surface area contributed by atoms with E-state index in [1.807, 2.05) is 6.92 Å². The van der Waals surface area contributed by atoms with Crippen molar-refractivity contribution in [3.05, 3.63) is 47.2 Å². The van der Waals surface area contributed by atoms with E-state index in [1.165, 1.54) is 24.0 Å². The lowest BCUT2D eigenvalue weighted by Gasteiger charge is -2.30. The molecule has 0 unspecified atom stereocenters. The fraction of sp³-hybridized carbons (Fsp3) is 0.412. The van der Waals surface area contributed by atoms with E-state index in [1.54, 1.807) is 0 Å². The summed E-state index contributed by atoms with van der Waals surface area (Å²) >= 11 is 0. The summed E-state index contributed by atoms with van der Waals surface area (Å²) in [6.07, 6.45) is 3.57. The minimum Gasteiger partial charge on any atom is -0.352 e. The minimum absolute atomic E-state index is 0.585. The van der Waals surface area contributed by atoms with Crippen molar-refractivity contribution in [2.75, 3.05) is 16.8 Å². The number of nitrogens with one attached hydrogen (secondary N) is 1. The fourth-order valence-corrected chi connectivity index (χ4v) is 2.88. The van der Waals surface area contributed by atoms with E-state index in [9.17, 15) is 0 Å². The van der Waals surface area contributed by atoms with Crippen molar-refractivity contribution in [3.8, 4) is 0 Å². The zero-order valence-electron chi connectivity index (χ0n) is 12.3. The number of hydrogen-bond acceptors (Lipinski definition) is 4. The van der Waals surface area contributed by atoms with Crippen LogP contribution in [0.25, 0.3) is 0 Å². The van der Waals surface area contributed by atoms with Gasteiger partial charge in [0.25, 0.3) is 0 Å². The van der Waals surface area contributed by atoms with Gasteiger partial charge in [-0.3, -0.25) is 0 Å².